The van der Waals surface area contributed by atoms with Crippen molar-refractivity contribution in [3.63, 3.8) is 0 Å². The highest BCUT2D eigenvalue weighted by Gasteiger charge is 2.07. The number of aromatic nitrogens is 4. The molecule has 5 heteroatoms. The zero-order valence-corrected chi connectivity index (χ0v) is 10.7. The van der Waals surface area contributed by atoms with Crippen LogP contribution < -0.4 is 5.32 Å². The van der Waals surface area contributed by atoms with Crippen LogP contribution in [0.25, 0.3) is 11.6 Å². The number of nitrogens with zero attached hydrogens (tertiary/aromatic N) is 4. The Morgan fingerprint density at radius 3 is 2.50 bits per heavy atom. The zero-order valence-electron chi connectivity index (χ0n) is 10.7. The summed E-state index contributed by atoms with van der Waals surface area (Å²) in [7, 11) is 0. The average molecular weight is 243 g/mol. The van der Waals surface area contributed by atoms with Crippen molar-refractivity contribution >= 4 is 5.82 Å². The Morgan fingerprint density at radius 2 is 1.83 bits per heavy atom. The van der Waals surface area contributed by atoms with E-state index in [9.17, 15) is 0 Å². The summed E-state index contributed by atoms with van der Waals surface area (Å²) in [6.45, 7) is 5.09. The molecule has 0 unspecified atom stereocenters. The minimum atomic E-state index is 0.562. The molecule has 0 aromatic carbocycles. The van der Waals surface area contributed by atoms with Crippen LogP contribution in [0.4, 0.5) is 5.82 Å². The first-order valence-corrected chi connectivity index (χ1v) is 6.22. The number of anilines is 1. The second kappa shape index (κ2) is 6.05. The van der Waals surface area contributed by atoms with Gasteiger partial charge in [0.1, 0.15) is 5.82 Å². The minimum absolute atomic E-state index is 0.562. The van der Waals surface area contributed by atoms with Crippen LogP contribution in [-0.2, 0) is 6.42 Å². The van der Waals surface area contributed by atoms with Gasteiger partial charge < -0.3 is 5.32 Å². The maximum atomic E-state index is 4.45. The molecule has 2 heterocycles. The van der Waals surface area contributed by atoms with Gasteiger partial charge in [0.25, 0.3) is 0 Å². The second-order valence-electron chi connectivity index (χ2n) is 3.92. The molecule has 1 N–H and O–H groups in total. The summed E-state index contributed by atoms with van der Waals surface area (Å²) in [5.74, 6) is 1.98. The van der Waals surface area contributed by atoms with Gasteiger partial charge in [-0.2, -0.15) is 0 Å². The van der Waals surface area contributed by atoms with Gasteiger partial charge in [0.2, 0.25) is 0 Å². The summed E-state index contributed by atoms with van der Waals surface area (Å²) in [6.07, 6.45) is 5.32. The summed E-state index contributed by atoms with van der Waals surface area (Å²) in [5, 5.41) is 3.27. The number of aryl methyl sites for hydroxylation is 1. The lowest BCUT2D eigenvalue weighted by molar-refractivity contribution is 0.944. The maximum Gasteiger partial charge on any atom is 0.199 e. The Morgan fingerprint density at radius 1 is 1.06 bits per heavy atom. The first-order chi connectivity index (χ1) is 8.83. The summed E-state index contributed by atoms with van der Waals surface area (Å²) in [4.78, 5) is 17.3. The molecule has 2 aromatic rings. The number of rotatable bonds is 5. The monoisotopic (exact) mass is 243 g/mol. The SMILES string of the molecule is CCCNc1cc(CC)nc(-c2ncccn2)n1. The molecule has 2 aromatic heterocycles. The van der Waals surface area contributed by atoms with Gasteiger partial charge in [0.15, 0.2) is 11.6 Å². The standard InChI is InChI=1S/C13H17N5/c1-3-6-14-11-9-10(4-2)17-13(18-11)12-15-7-5-8-16-12/h5,7-9H,3-4,6H2,1-2H3,(H,14,17,18). The largest absolute Gasteiger partial charge is 0.370 e. The summed E-state index contributed by atoms with van der Waals surface area (Å²) < 4.78 is 0. The molecule has 0 saturated heterocycles. The maximum absolute atomic E-state index is 4.45. The molecule has 0 fully saturated rings. The van der Waals surface area contributed by atoms with E-state index >= 15 is 0 Å². The summed E-state index contributed by atoms with van der Waals surface area (Å²) in [6, 6.07) is 3.76. The van der Waals surface area contributed by atoms with E-state index < -0.39 is 0 Å². The van der Waals surface area contributed by atoms with Crippen molar-refractivity contribution in [3.05, 3.63) is 30.2 Å². The third-order valence-electron chi connectivity index (χ3n) is 2.46. The van der Waals surface area contributed by atoms with Gasteiger partial charge in [-0.05, 0) is 18.9 Å². The predicted octanol–water partition coefficient (Wildman–Crippen LogP) is 2.32. The van der Waals surface area contributed by atoms with Crippen molar-refractivity contribution in [2.45, 2.75) is 26.7 Å². The average Bonchev–Trinajstić information content (AvgIpc) is 2.45. The number of hydrogen-bond acceptors (Lipinski definition) is 5. The van der Waals surface area contributed by atoms with Crippen LogP contribution in [0.15, 0.2) is 24.5 Å². The first-order valence-electron chi connectivity index (χ1n) is 6.22. The molecule has 0 radical (unpaired) electrons. The molecule has 0 spiro atoms. The third-order valence-corrected chi connectivity index (χ3v) is 2.46. The topological polar surface area (TPSA) is 63.6 Å². The van der Waals surface area contributed by atoms with Gasteiger partial charge in [-0.3, -0.25) is 0 Å². The predicted molar refractivity (Wildman–Crippen MR) is 71.2 cm³/mol. The van der Waals surface area contributed by atoms with Crippen molar-refractivity contribution in [2.24, 2.45) is 0 Å². The lowest BCUT2D eigenvalue weighted by Crippen LogP contribution is -2.06. The molecule has 18 heavy (non-hydrogen) atoms. The van der Waals surface area contributed by atoms with Gasteiger partial charge in [0.05, 0.1) is 0 Å². The lowest BCUT2D eigenvalue weighted by atomic mass is 10.3. The summed E-state index contributed by atoms with van der Waals surface area (Å²) in [5.41, 5.74) is 0.992. The van der Waals surface area contributed by atoms with Crippen molar-refractivity contribution in [2.75, 3.05) is 11.9 Å². The van der Waals surface area contributed by atoms with Crippen LogP contribution in [0.2, 0.25) is 0 Å². The van der Waals surface area contributed by atoms with E-state index in [1.807, 2.05) is 6.07 Å². The summed E-state index contributed by atoms with van der Waals surface area (Å²) >= 11 is 0. The fourth-order valence-corrected chi connectivity index (χ4v) is 1.54. The van der Waals surface area contributed by atoms with Crippen LogP contribution in [0.3, 0.4) is 0 Å². The molecule has 0 bridgehead atoms. The lowest BCUT2D eigenvalue weighted by Gasteiger charge is -2.07. The van der Waals surface area contributed by atoms with E-state index in [1.54, 1.807) is 18.5 Å². The van der Waals surface area contributed by atoms with Crippen molar-refractivity contribution in [3.8, 4) is 11.6 Å². The fourth-order valence-electron chi connectivity index (χ4n) is 1.54. The van der Waals surface area contributed by atoms with Crippen molar-refractivity contribution in [1.29, 1.82) is 0 Å². The first kappa shape index (κ1) is 12.4. The van der Waals surface area contributed by atoms with Crippen molar-refractivity contribution < 1.29 is 0 Å². The number of nitrogens with one attached hydrogen (secondary N) is 1. The highest BCUT2D eigenvalue weighted by molar-refractivity contribution is 5.48. The third kappa shape index (κ3) is 3.00. The minimum Gasteiger partial charge on any atom is -0.370 e. The van der Waals surface area contributed by atoms with Gasteiger partial charge in [-0.1, -0.05) is 13.8 Å². The van der Waals surface area contributed by atoms with Crippen molar-refractivity contribution in [1.82, 2.24) is 19.9 Å². The highest BCUT2D eigenvalue weighted by Crippen LogP contribution is 2.14. The second-order valence-corrected chi connectivity index (χ2v) is 3.92. The van der Waals surface area contributed by atoms with E-state index in [0.29, 0.717) is 11.6 Å². The van der Waals surface area contributed by atoms with E-state index in [2.05, 4.69) is 39.1 Å². The van der Waals surface area contributed by atoms with E-state index in [4.69, 9.17) is 0 Å². The van der Waals surface area contributed by atoms with Gasteiger partial charge in [-0.15, -0.1) is 0 Å². The van der Waals surface area contributed by atoms with Crippen LogP contribution in [-0.4, -0.2) is 26.5 Å². The van der Waals surface area contributed by atoms with E-state index in [1.165, 1.54) is 0 Å². The Hall–Kier alpha value is -2.04. The molecule has 0 saturated carbocycles. The molecule has 0 aliphatic carbocycles. The highest BCUT2D eigenvalue weighted by atomic mass is 15.1. The quantitative estimate of drug-likeness (QED) is 0.873. The molecule has 2 rings (SSSR count). The molecule has 94 valence electrons. The Kier molecular flexibility index (Phi) is 4.17. The van der Waals surface area contributed by atoms with E-state index in [-0.39, 0.29) is 0 Å². The van der Waals surface area contributed by atoms with Gasteiger partial charge in [0, 0.05) is 30.7 Å². The van der Waals surface area contributed by atoms with Crippen LogP contribution in [0.5, 0.6) is 0 Å². The molecule has 5 nitrogen and oxygen atoms in total. The molecule has 0 atom stereocenters. The van der Waals surface area contributed by atoms with Crippen LogP contribution >= 0.6 is 0 Å². The zero-order chi connectivity index (χ0) is 12.8. The molecular formula is C13H17N5. The molecular weight excluding hydrogens is 226 g/mol. The Labute approximate surface area is 107 Å². The molecule has 0 aliphatic rings. The van der Waals surface area contributed by atoms with Gasteiger partial charge in [-0.25, -0.2) is 19.9 Å². The molecule has 0 amide bonds. The fraction of sp³-hybridized carbons (Fsp3) is 0.385. The van der Waals surface area contributed by atoms with Gasteiger partial charge >= 0.3 is 0 Å². The van der Waals surface area contributed by atoms with Crippen LogP contribution in [0.1, 0.15) is 26.0 Å². The Balaban J connectivity index is 2.35. The van der Waals surface area contributed by atoms with E-state index in [0.717, 1.165) is 30.9 Å². The molecule has 0 aliphatic heterocycles. The van der Waals surface area contributed by atoms with Crippen LogP contribution in [0, 0.1) is 0 Å². The normalized spacial score (nSPS) is 10.3. The smallest absolute Gasteiger partial charge is 0.199 e. The number of hydrogen-bond donors (Lipinski definition) is 1. The Bertz CT molecular complexity index is 498.